The van der Waals surface area contributed by atoms with Gasteiger partial charge in [0, 0.05) is 11.9 Å². The van der Waals surface area contributed by atoms with Gasteiger partial charge in [-0.3, -0.25) is 4.79 Å². The lowest BCUT2D eigenvalue weighted by molar-refractivity contribution is -0.118. The highest BCUT2D eigenvalue weighted by molar-refractivity contribution is 5.91. The largest absolute Gasteiger partial charge is 0.480 e. The summed E-state index contributed by atoms with van der Waals surface area (Å²) < 4.78 is 5.39. The highest BCUT2D eigenvalue weighted by Crippen LogP contribution is 2.19. The van der Waals surface area contributed by atoms with Crippen molar-refractivity contribution in [3.8, 4) is 5.75 Å². The molecule has 0 bridgehead atoms. The van der Waals surface area contributed by atoms with Gasteiger partial charge < -0.3 is 15.5 Å². The predicted molar refractivity (Wildman–Crippen MR) is 82.0 cm³/mol. The Morgan fingerprint density at radius 3 is 2.71 bits per heavy atom. The Balaban J connectivity index is 1.89. The molecule has 0 aliphatic heterocycles. The first-order chi connectivity index (χ1) is 10.2. The van der Waals surface area contributed by atoms with Gasteiger partial charge in [-0.25, -0.2) is 10.8 Å². The zero-order valence-corrected chi connectivity index (χ0v) is 11.8. The Bertz CT molecular complexity index is 599. The van der Waals surface area contributed by atoms with Gasteiger partial charge in [0.25, 0.3) is 5.91 Å². The van der Waals surface area contributed by atoms with Gasteiger partial charge in [0.15, 0.2) is 18.2 Å². The standard InChI is InChI=1S/C15H18N4O2/c1-2-11-5-7-12(8-6-11)18-14(20)10-21-13-4-3-9-17-15(13)19-16/h3-9H,2,10,16H2,1H3,(H,17,19)(H,18,20). The summed E-state index contributed by atoms with van der Waals surface area (Å²) >= 11 is 0. The van der Waals surface area contributed by atoms with Crippen LogP contribution in [0.15, 0.2) is 42.6 Å². The van der Waals surface area contributed by atoms with E-state index < -0.39 is 0 Å². The molecule has 1 aromatic carbocycles. The van der Waals surface area contributed by atoms with E-state index in [1.54, 1.807) is 18.3 Å². The molecule has 0 saturated heterocycles. The van der Waals surface area contributed by atoms with Crippen LogP contribution in [-0.4, -0.2) is 17.5 Å². The lowest BCUT2D eigenvalue weighted by Crippen LogP contribution is -2.21. The first kappa shape index (κ1) is 14.8. The molecular formula is C15H18N4O2. The van der Waals surface area contributed by atoms with Crippen LogP contribution in [0.4, 0.5) is 11.5 Å². The number of nitrogen functional groups attached to an aromatic ring is 1. The number of hydrogen-bond acceptors (Lipinski definition) is 5. The van der Waals surface area contributed by atoms with Crippen LogP contribution >= 0.6 is 0 Å². The average Bonchev–Trinajstić information content (AvgIpc) is 2.54. The minimum atomic E-state index is -0.244. The van der Waals surface area contributed by atoms with Crippen LogP contribution in [0.1, 0.15) is 12.5 Å². The van der Waals surface area contributed by atoms with Gasteiger partial charge in [0.2, 0.25) is 0 Å². The van der Waals surface area contributed by atoms with Crippen molar-refractivity contribution in [3.05, 3.63) is 48.2 Å². The van der Waals surface area contributed by atoms with Crippen LogP contribution < -0.4 is 21.3 Å². The minimum absolute atomic E-state index is 0.115. The van der Waals surface area contributed by atoms with Crippen LogP contribution in [0.3, 0.4) is 0 Å². The topological polar surface area (TPSA) is 89.3 Å². The van der Waals surface area contributed by atoms with E-state index in [1.807, 2.05) is 24.3 Å². The molecule has 21 heavy (non-hydrogen) atoms. The minimum Gasteiger partial charge on any atom is -0.480 e. The lowest BCUT2D eigenvalue weighted by Gasteiger charge is -2.10. The summed E-state index contributed by atoms with van der Waals surface area (Å²) in [6.45, 7) is 1.97. The molecule has 1 heterocycles. The van der Waals surface area contributed by atoms with Crippen molar-refractivity contribution in [2.45, 2.75) is 13.3 Å². The van der Waals surface area contributed by atoms with Gasteiger partial charge in [0.05, 0.1) is 0 Å². The molecular weight excluding hydrogens is 268 g/mol. The molecule has 1 amide bonds. The van der Waals surface area contributed by atoms with Crippen molar-refractivity contribution < 1.29 is 9.53 Å². The number of ether oxygens (including phenoxy) is 1. The number of carbonyl (C=O) groups excluding carboxylic acids is 1. The van der Waals surface area contributed by atoms with Gasteiger partial charge in [-0.15, -0.1) is 0 Å². The van der Waals surface area contributed by atoms with Crippen molar-refractivity contribution >= 4 is 17.4 Å². The smallest absolute Gasteiger partial charge is 0.262 e. The summed E-state index contributed by atoms with van der Waals surface area (Å²) in [5.41, 5.74) is 4.37. The van der Waals surface area contributed by atoms with Gasteiger partial charge in [-0.2, -0.15) is 0 Å². The summed E-state index contributed by atoms with van der Waals surface area (Å²) in [7, 11) is 0. The molecule has 1 aromatic heterocycles. The second-order valence-corrected chi connectivity index (χ2v) is 4.38. The third-order valence-electron chi connectivity index (χ3n) is 2.91. The third-order valence-corrected chi connectivity index (χ3v) is 2.91. The molecule has 0 aliphatic carbocycles. The van der Waals surface area contributed by atoms with Crippen LogP contribution in [0.25, 0.3) is 0 Å². The molecule has 0 aliphatic rings. The molecule has 2 aromatic rings. The molecule has 4 N–H and O–H groups in total. The van der Waals surface area contributed by atoms with Crippen molar-refractivity contribution in [1.29, 1.82) is 0 Å². The number of pyridine rings is 1. The molecule has 110 valence electrons. The second kappa shape index (κ2) is 7.25. The molecule has 6 nitrogen and oxygen atoms in total. The number of hydrogen-bond donors (Lipinski definition) is 3. The number of nitrogens with one attached hydrogen (secondary N) is 2. The van der Waals surface area contributed by atoms with Crippen LogP contribution in [0.5, 0.6) is 5.75 Å². The number of nitrogens with two attached hydrogens (primary N) is 1. The third kappa shape index (κ3) is 4.19. The van der Waals surface area contributed by atoms with Gasteiger partial charge >= 0.3 is 0 Å². The molecule has 0 radical (unpaired) electrons. The number of carbonyl (C=O) groups is 1. The van der Waals surface area contributed by atoms with Crippen LogP contribution in [0, 0.1) is 0 Å². The van der Waals surface area contributed by atoms with E-state index in [9.17, 15) is 4.79 Å². The van der Waals surface area contributed by atoms with E-state index in [0.29, 0.717) is 11.6 Å². The van der Waals surface area contributed by atoms with E-state index in [0.717, 1.165) is 12.1 Å². The number of aromatic nitrogens is 1. The fourth-order valence-corrected chi connectivity index (χ4v) is 1.78. The lowest BCUT2D eigenvalue weighted by atomic mass is 10.1. The highest BCUT2D eigenvalue weighted by atomic mass is 16.5. The maximum atomic E-state index is 11.8. The molecule has 0 fully saturated rings. The molecule has 0 saturated carbocycles. The van der Waals surface area contributed by atoms with E-state index >= 15 is 0 Å². The number of rotatable bonds is 6. The number of hydrazine groups is 1. The first-order valence-corrected chi connectivity index (χ1v) is 6.66. The van der Waals surface area contributed by atoms with Gasteiger partial charge in [-0.05, 0) is 36.2 Å². The van der Waals surface area contributed by atoms with E-state index in [2.05, 4.69) is 22.7 Å². The van der Waals surface area contributed by atoms with E-state index in [4.69, 9.17) is 10.6 Å². The maximum Gasteiger partial charge on any atom is 0.262 e. The first-order valence-electron chi connectivity index (χ1n) is 6.66. The van der Waals surface area contributed by atoms with Crippen molar-refractivity contribution in [3.63, 3.8) is 0 Å². The Labute approximate surface area is 123 Å². The summed E-state index contributed by atoms with van der Waals surface area (Å²) in [4.78, 5) is 15.8. The number of nitrogens with zero attached hydrogens (tertiary/aromatic N) is 1. The van der Waals surface area contributed by atoms with Crippen molar-refractivity contribution in [2.24, 2.45) is 5.84 Å². The molecule has 0 spiro atoms. The Morgan fingerprint density at radius 1 is 1.29 bits per heavy atom. The van der Waals surface area contributed by atoms with Crippen molar-refractivity contribution in [2.75, 3.05) is 17.3 Å². The Hall–Kier alpha value is -2.60. The maximum absolute atomic E-state index is 11.8. The zero-order valence-electron chi connectivity index (χ0n) is 11.8. The number of amides is 1. The molecule has 0 unspecified atom stereocenters. The fraction of sp³-hybridized carbons (Fsp3) is 0.200. The fourth-order valence-electron chi connectivity index (χ4n) is 1.78. The normalized spacial score (nSPS) is 10.0. The molecule has 2 rings (SSSR count). The molecule has 0 atom stereocenters. The average molecular weight is 286 g/mol. The second-order valence-electron chi connectivity index (χ2n) is 4.38. The number of anilines is 2. The quantitative estimate of drug-likeness (QED) is 0.558. The summed E-state index contributed by atoms with van der Waals surface area (Å²) in [6.07, 6.45) is 2.55. The van der Waals surface area contributed by atoms with E-state index in [1.165, 1.54) is 5.56 Å². The van der Waals surface area contributed by atoms with Crippen molar-refractivity contribution in [1.82, 2.24) is 4.98 Å². The van der Waals surface area contributed by atoms with Crippen LogP contribution in [0.2, 0.25) is 0 Å². The number of benzene rings is 1. The van der Waals surface area contributed by atoms with Crippen LogP contribution in [-0.2, 0) is 11.2 Å². The summed E-state index contributed by atoms with van der Waals surface area (Å²) in [5.74, 6) is 5.88. The van der Waals surface area contributed by atoms with Gasteiger partial charge in [0.1, 0.15) is 0 Å². The molecule has 6 heteroatoms. The monoisotopic (exact) mass is 286 g/mol. The predicted octanol–water partition coefficient (Wildman–Crippen LogP) is 1.95. The van der Waals surface area contributed by atoms with Gasteiger partial charge in [-0.1, -0.05) is 19.1 Å². The Morgan fingerprint density at radius 2 is 2.05 bits per heavy atom. The highest BCUT2D eigenvalue weighted by Gasteiger charge is 2.07. The summed E-state index contributed by atoms with van der Waals surface area (Å²) in [6, 6.07) is 11.1. The number of aryl methyl sites for hydroxylation is 1. The SMILES string of the molecule is CCc1ccc(NC(=O)COc2cccnc2NN)cc1. The zero-order chi connectivity index (χ0) is 15.1. The summed E-state index contributed by atoms with van der Waals surface area (Å²) in [5, 5.41) is 2.76. The Kier molecular flexibility index (Phi) is 5.11. The van der Waals surface area contributed by atoms with E-state index in [-0.39, 0.29) is 12.5 Å².